The minimum Gasteiger partial charge on any atom is -0.480 e. The fourth-order valence-corrected chi connectivity index (χ4v) is 2.47. The lowest BCUT2D eigenvalue weighted by Crippen LogP contribution is -2.59. The lowest BCUT2D eigenvalue weighted by molar-refractivity contribution is -0.146. The molecule has 0 aromatic heterocycles. The van der Waals surface area contributed by atoms with Crippen molar-refractivity contribution in [1.29, 1.82) is 0 Å². The van der Waals surface area contributed by atoms with Crippen molar-refractivity contribution in [3.63, 3.8) is 0 Å². The summed E-state index contributed by atoms with van der Waals surface area (Å²) < 4.78 is 0. The van der Waals surface area contributed by atoms with Gasteiger partial charge in [-0.05, 0) is 18.8 Å². The van der Waals surface area contributed by atoms with Crippen molar-refractivity contribution in [1.82, 2.24) is 10.6 Å². The van der Waals surface area contributed by atoms with Gasteiger partial charge in [0.1, 0.15) is 5.54 Å². The predicted molar refractivity (Wildman–Crippen MR) is 68.3 cm³/mol. The second-order valence-corrected chi connectivity index (χ2v) is 5.19. The van der Waals surface area contributed by atoms with E-state index in [1.54, 1.807) is 0 Å². The quantitative estimate of drug-likeness (QED) is 0.570. The molecule has 1 rings (SSSR count). The zero-order chi connectivity index (χ0) is 14.5. The molecule has 3 amide bonds. The van der Waals surface area contributed by atoms with Gasteiger partial charge >= 0.3 is 12.0 Å². The third-order valence-electron chi connectivity index (χ3n) is 3.42. The highest BCUT2D eigenvalue weighted by Crippen LogP contribution is 2.32. The van der Waals surface area contributed by atoms with Gasteiger partial charge in [-0.1, -0.05) is 19.8 Å². The molecule has 5 N–H and O–H groups in total. The topological polar surface area (TPSA) is 122 Å². The third kappa shape index (κ3) is 4.42. The van der Waals surface area contributed by atoms with Crippen molar-refractivity contribution >= 4 is 17.9 Å². The van der Waals surface area contributed by atoms with Gasteiger partial charge in [-0.3, -0.25) is 4.79 Å². The van der Waals surface area contributed by atoms with Gasteiger partial charge in [0.15, 0.2) is 0 Å². The first kappa shape index (κ1) is 15.3. The number of urea groups is 1. The maximum Gasteiger partial charge on any atom is 0.329 e. The summed E-state index contributed by atoms with van der Waals surface area (Å²) in [6.45, 7) is 2.08. The molecular formula is C12H21N3O4. The van der Waals surface area contributed by atoms with E-state index >= 15 is 0 Å². The molecule has 0 aromatic carbocycles. The molecule has 1 aliphatic rings. The maximum atomic E-state index is 11.7. The number of carboxylic acid groups (broad SMARTS) is 1. The van der Waals surface area contributed by atoms with Crippen LogP contribution in [0, 0.1) is 5.92 Å². The first-order chi connectivity index (χ1) is 8.85. The summed E-state index contributed by atoms with van der Waals surface area (Å²) in [5, 5.41) is 14.3. The van der Waals surface area contributed by atoms with Crippen molar-refractivity contribution in [2.75, 3.05) is 6.54 Å². The molecule has 7 nitrogen and oxygen atoms in total. The average molecular weight is 271 g/mol. The van der Waals surface area contributed by atoms with Crippen LogP contribution in [0.1, 0.15) is 39.0 Å². The molecule has 0 aliphatic heterocycles. The van der Waals surface area contributed by atoms with E-state index in [2.05, 4.69) is 10.6 Å². The van der Waals surface area contributed by atoms with E-state index in [1.807, 2.05) is 6.92 Å². The Bertz CT molecular complexity index is 372. The minimum atomic E-state index is -1.20. The molecule has 19 heavy (non-hydrogen) atoms. The summed E-state index contributed by atoms with van der Waals surface area (Å²) in [5.74, 6) is -1.26. The van der Waals surface area contributed by atoms with Crippen molar-refractivity contribution < 1.29 is 19.5 Å². The Balaban J connectivity index is 2.56. The molecular weight excluding hydrogens is 250 g/mol. The predicted octanol–water partition coefficient (Wildman–Crippen LogP) is 0.195. The van der Waals surface area contributed by atoms with E-state index in [1.165, 1.54) is 0 Å². The molecule has 2 atom stereocenters. The molecule has 1 saturated carbocycles. The average Bonchev–Trinajstić information content (AvgIpc) is 2.27. The number of carbonyl (C=O) groups excluding carboxylic acids is 2. The smallest absolute Gasteiger partial charge is 0.329 e. The Morgan fingerprint density at radius 2 is 2.11 bits per heavy atom. The molecule has 1 aliphatic carbocycles. The van der Waals surface area contributed by atoms with Crippen LogP contribution in [-0.4, -0.2) is 35.1 Å². The Kier molecular flexibility index (Phi) is 5.14. The van der Waals surface area contributed by atoms with Gasteiger partial charge in [0.25, 0.3) is 0 Å². The molecule has 0 radical (unpaired) electrons. The maximum absolute atomic E-state index is 11.7. The van der Waals surface area contributed by atoms with E-state index in [-0.39, 0.29) is 18.9 Å². The molecule has 0 saturated heterocycles. The number of primary amides is 1. The monoisotopic (exact) mass is 271 g/mol. The summed E-state index contributed by atoms with van der Waals surface area (Å²) in [6, 6.07) is -0.572. The van der Waals surface area contributed by atoms with Gasteiger partial charge in [0, 0.05) is 13.0 Å². The zero-order valence-electron chi connectivity index (χ0n) is 11.1. The van der Waals surface area contributed by atoms with Crippen LogP contribution in [0.15, 0.2) is 0 Å². The molecule has 0 spiro atoms. The van der Waals surface area contributed by atoms with Crippen LogP contribution in [0.2, 0.25) is 0 Å². The van der Waals surface area contributed by atoms with E-state index in [4.69, 9.17) is 5.73 Å². The third-order valence-corrected chi connectivity index (χ3v) is 3.42. The summed E-state index contributed by atoms with van der Waals surface area (Å²) in [5.41, 5.74) is 3.75. The number of amides is 3. The molecule has 7 heteroatoms. The van der Waals surface area contributed by atoms with Crippen molar-refractivity contribution in [2.24, 2.45) is 11.7 Å². The standard InChI is InChI=1S/C12H21N3O4/c1-8-3-2-5-12(7-8,10(17)18)15-11(19)14-6-4-9(13)16/h8H,2-7H2,1H3,(H2,13,16)(H,17,18)(H2,14,15,19). The molecule has 0 heterocycles. The lowest BCUT2D eigenvalue weighted by Gasteiger charge is -2.36. The van der Waals surface area contributed by atoms with Gasteiger partial charge in [0.05, 0.1) is 0 Å². The van der Waals surface area contributed by atoms with Gasteiger partial charge in [-0.2, -0.15) is 0 Å². The normalized spacial score (nSPS) is 26.5. The number of carboxylic acids is 1. The first-order valence-electron chi connectivity index (χ1n) is 6.43. The van der Waals surface area contributed by atoms with Gasteiger partial charge < -0.3 is 21.5 Å². The Labute approximate surface area is 111 Å². The summed E-state index contributed by atoms with van der Waals surface area (Å²) >= 11 is 0. The van der Waals surface area contributed by atoms with Gasteiger partial charge in [-0.25, -0.2) is 9.59 Å². The van der Waals surface area contributed by atoms with E-state index in [0.717, 1.165) is 12.8 Å². The molecule has 2 unspecified atom stereocenters. The van der Waals surface area contributed by atoms with Crippen LogP contribution in [0.5, 0.6) is 0 Å². The highest BCUT2D eigenvalue weighted by molar-refractivity contribution is 5.86. The van der Waals surface area contributed by atoms with E-state index in [0.29, 0.717) is 12.8 Å². The van der Waals surface area contributed by atoms with E-state index in [9.17, 15) is 19.5 Å². The Morgan fingerprint density at radius 1 is 1.42 bits per heavy atom. The molecule has 0 bridgehead atoms. The number of hydrogen-bond donors (Lipinski definition) is 4. The summed E-state index contributed by atoms with van der Waals surface area (Å²) in [6.07, 6.45) is 2.63. The van der Waals surface area contributed by atoms with Crippen LogP contribution in [0.25, 0.3) is 0 Å². The number of rotatable bonds is 5. The second-order valence-electron chi connectivity index (χ2n) is 5.19. The van der Waals surface area contributed by atoms with Crippen LogP contribution < -0.4 is 16.4 Å². The van der Waals surface area contributed by atoms with Crippen molar-refractivity contribution in [3.05, 3.63) is 0 Å². The zero-order valence-corrected chi connectivity index (χ0v) is 11.1. The highest BCUT2D eigenvalue weighted by atomic mass is 16.4. The van der Waals surface area contributed by atoms with Crippen LogP contribution in [0.4, 0.5) is 4.79 Å². The van der Waals surface area contributed by atoms with Crippen LogP contribution in [0.3, 0.4) is 0 Å². The van der Waals surface area contributed by atoms with Gasteiger partial charge in [-0.15, -0.1) is 0 Å². The molecule has 108 valence electrons. The molecule has 1 fully saturated rings. The molecule has 0 aromatic rings. The Hall–Kier alpha value is -1.79. The van der Waals surface area contributed by atoms with Crippen LogP contribution >= 0.6 is 0 Å². The van der Waals surface area contributed by atoms with E-state index < -0.39 is 23.4 Å². The number of aliphatic carboxylic acids is 1. The Morgan fingerprint density at radius 3 is 2.63 bits per heavy atom. The number of nitrogens with one attached hydrogen (secondary N) is 2. The van der Waals surface area contributed by atoms with Crippen LogP contribution in [-0.2, 0) is 9.59 Å². The largest absolute Gasteiger partial charge is 0.480 e. The number of carbonyl (C=O) groups is 3. The fraction of sp³-hybridized carbons (Fsp3) is 0.750. The van der Waals surface area contributed by atoms with Crippen molar-refractivity contribution in [2.45, 2.75) is 44.6 Å². The first-order valence-corrected chi connectivity index (χ1v) is 6.43. The fourth-order valence-electron chi connectivity index (χ4n) is 2.47. The second kappa shape index (κ2) is 6.40. The summed E-state index contributed by atoms with van der Waals surface area (Å²) in [4.78, 5) is 33.6. The minimum absolute atomic E-state index is 0.0316. The SMILES string of the molecule is CC1CCCC(NC(=O)NCCC(N)=O)(C(=O)O)C1. The number of nitrogens with two attached hydrogens (primary N) is 1. The van der Waals surface area contributed by atoms with Gasteiger partial charge in [0.2, 0.25) is 5.91 Å². The van der Waals surface area contributed by atoms with Crippen molar-refractivity contribution in [3.8, 4) is 0 Å². The number of hydrogen-bond acceptors (Lipinski definition) is 3. The lowest BCUT2D eigenvalue weighted by atomic mass is 9.76. The highest BCUT2D eigenvalue weighted by Gasteiger charge is 2.43. The summed E-state index contributed by atoms with van der Waals surface area (Å²) in [7, 11) is 0.